The van der Waals surface area contributed by atoms with Gasteiger partial charge in [-0.25, -0.2) is 4.68 Å². The summed E-state index contributed by atoms with van der Waals surface area (Å²) < 4.78 is 1.89. The van der Waals surface area contributed by atoms with Crippen molar-refractivity contribution in [2.24, 2.45) is 5.92 Å². The van der Waals surface area contributed by atoms with Crippen molar-refractivity contribution >= 4 is 16.9 Å². The van der Waals surface area contributed by atoms with Crippen LogP contribution in [-0.4, -0.2) is 20.0 Å². The summed E-state index contributed by atoms with van der Waals surface area (Å²) >= 11 is 0. The van der Waals surface area contributed by atoms with Crippen LogP contribution in [0.3, 0.4) is 0 Å². The third kappa shape index (κ3) is 1.58. The molecule has 5 nitrogen and oxygen atoms in total. The molecule has 3 N–H and O–H groups in total. The molecule has 0 unspecified atom stereocenters. The van der Waals surface area contributed by atoms with E-state index in [9.17, 15) is 0 Å². The predicted molar refractivity (Wildman–Crippen MR) is 60.5 cm³/mol. The van der Waals surface area contributed by atoms with E-state index in [-0.39, 0.29) is 0 Å². The van der Waals surface area contributed by atoms with Crippen LogP contribution < -0.4 is 5.73 Å². The Hall–Kier alpha value is -1.52. The van der Waals surface area contributed by atoms with E-state index in [1.54, 1.807) is 0 Å². The normalized spacial score (nSPS) is 11.7. The molecule has 0 bridgehead atoms. The number of nitrogens with zero attached hydrogens (tertiary/aromatic N) is 3. The molecule has 5 heteroatoms. The second-order valence-corrected chi connectivity index (χ2v) is 4.20. The highest BCUT2D eigenvalue weighted by atomic mass is 15.3. The van der Waals surface area contributed by atoms with E-state index in [4.69, 9.17) is 5.73 Å². The van der Waals surface area contributed by atoms with Gasteiger partial charge in [-0.3, -0.25) is 5.10 Å². The number of rotatable bonds is 3. The van der Waals surface area contributed by atoms with Crippen molar-refractivity contribution in [3.8, 4) is 0 Å². The number of aromatic amines is 1. The van der Waals surface area contributed by atoms with Crippen LogP contribution in [0.1, 0.15) is 26.5 Å². The summed E-state index contributed by atoms with van der Waals surface area (Å²) in [6, 6.07) is 0. The molecule has 2 rings (SSSR count). The number of anilines is 1. The van der Waals surface area contributed by atoms with Gasteiger partial charge in [0.1, 0.15) is 5.82 Å². The number of aryl methyl sites for hydroxylation is 1. The molecule has 0 aliphatic heterocycles. The molecule has 82 valence electrons. The zero-order valence-corrected chi connectivity index (χ0v) is 9.41. The monoisotopic (exact) mass is 207 g/mol. The number of fused-ring (bicyclic) bond motifs is 1. The highest BCUT2D eigenvalue weighted by molar-refractivity contribution is 5.88. The molecule has 0 aliphatic rings. The first-order chi connectivity index (χ1) is 7.13. The molecule has 0 saturated heterocycles. The average molecular weight is 207 g/mol. The Labute approximate surface area is 88.6 Å². The second kappa shape index (κ2) is 3.56. The van der Waals surface area contributed by atoms with Crippen LogP contribution in [-0.2, 0) is 13.0 Å². The van der Waals surface area contributed by atoms with Crippen LogP contribution in [0.15, 0.2) is 0 Å². The fraction of sp³-hybridized carbons (Fsp3) is 0.600. The van der Waals surface area contributed by atoms with Crippen molar-refractivity contribution in [3.63, 3.8) is 0 Å². The number of nitrogens with two attached hydrogens (primary N) is 1. The quantitative estimate of drug-likeness (QED) is 0.802. The molecule has 0 aliphatic carbocycles. The van der Waals surface area contributed by atoms with Gasteiger partial charge in [-0.2, -0.15) is 10.2 Å². The lowest BCUT2D eigenvalue weighted by atomic mass is 10.1. The molecule has 2 heterocycles. The summed E-state index contributed by atoms with van der Waals surface area (Å²) in [6.07, 6.45) is 0.938. The maximum atomic E-state index is 5.85. The minimum absolute atomic E-state index is 0.572. The van der Waals surface area contributed by atoms with Crippen LogP contribution >= 0.6 is 0 Å². The first-order valence-corrected chi connectivity index (χ1v) is 5.32. The molecular formula is C10H17N5. The maximum absolute atomic E-state index is 5.85. The van der Waals surface area contributed by atoms with E-state index in [0.29, 0.717) is 11.7 Å². The van der Waals surface area contributed by atoms with E-state index in [1.165, 1.54) is 0 Å². The van der Waals surface area contributed by atoms with E-state index in [0.717, 1.165) is 29.7 Å². The Kier molecular flexibility index (Phi) is 2.38. The zero-order valence-electron chi connectivity index (χ0n) is 9.41. The molecule has 0 amide bonds. The lowest BCUT2D eigenvalue weighted by molar-refractivity contribution is 0.604. The van der Waals surface area contributed by atoms with E-state index in [2.05, 4.69) is 36.1 Å². The molecule has 15 heavy (non-hydrogen) atoms. The molecule has 0 atom stereocenters. The number of nitrogen functional groups attached to an aromatic ring is 1. The molecule has 2 aromatic rings. The number of hydrogen-bond acceptors (Lipinski definition) is 3. The van der Waals surface area contributed by atoms with Gasteiger partial charge in [0.25, 0.3) is 0 Å². The Balaban J connectivity index is 2.57. The summed E-state index contributed by atoms with van der Waals surface area (Å²) in [5, 5.41) is 12.5. The van der Waals surface area contributed by atoms with Crippen LogP contribution in [0.2, 0.25) is 0 Å². The summed E-state index contributed by atoms with van der Waals surface area (Å²) in [5.74, 6) is 1.20. The minimum Gasteiger partial charge on any atom is -0.383 e. The zero-order chi connectivity index (χ0) is 11.0. The summed E-state index contributed by atoms with van der Waals surface area (Å²) in [4.78, 5) is 0. The summed E-state index contributed by atoms with van der Waals surface area (Å²) in [7, 11) is 0. The number of H-pyrrole nitrogens is 1. The largest absolute Gasteiger partial charge is 0.383 e. The SMILES string of the molecule is CCn1nc(CC(C)C)c2c(N)[nH]nc21. The molecular weight excluding hydrogens is 190 g/mol. The van der Waals surface area contributed by atoms with Gasteiger partial charge >= 0.3 is 0 Å². The van der Waals surface area contributed by atoms with Gasteiger partial charge in [-0.1, -0.05) is 13.8 Å². The second-order valence-electron chi connectivity index (χ2n) is 4.20. The minimum atomic E-state index is 0.572. The van der Waals surface area contributed by atoms with Crippen molar-refractivity contribution in [1.29, 1.82) is 0 Å². The Morgan fingerprint density at radius 2 is 2.20 bits per heavy atom. The van der Waals surface area contributed by atoms with Crippen LogP contribution in [0.25, 0.3) is 11.0 Å². The van der Waals surface area contributed by atoms with E-state index in [1.807, 2.05) is 4.68 Å². The van der Waals surface area contributed by atoms with Gasteiger partial charge in [0.05, 0.1) is 11.1 Å². The smallest absolute Gasteiger partial charge is 0.182 e. The number of hydrogen-bond donors (Lipinski definition) is 2. The Morgan fingerprint density at radius 3 is 2.80 bits per heavy atom. The van der Waals surface area contributed by atoms with Crippen LogP contribution in [0, 0.1) is 5.92 Å². The summed E-state index contributed by atoms with van der Waals surface area (Å²) in [5.41, 5.74) is 7.76. The molecule has 0 spiro atoms. The molecule has 0 aromatic carbocycles. The highest BCUT2D eigenvalue weighted by Gasteiger charge is 2.16. The van der Waals surface area contributed by atoms with Gasteiger partial charge in [0.15, 0.2) is 5.65 Å². The van der Waals surface area contributed by atoms with Gasteiger partial charge in [0.2, 0.25) is 0 Å². The third-order valence-electron chi connectivity index (χ3n) is 2.45. The van der Waals surface area contributed by atoms with Crippen molar-refractivity contribution in [2.75, 3.05) is 5.73 Å². The Morgan fingerprint density at radius 1 is 1.47 bits per heavy atom. The van der Waals surface area contributed by atoms with Crippen LogP contribution in [0.5, 0.6) is 0 Å². The maximum Gasteiger partial charge on any atom is 0.182 e. The fourth-order valence-corrected chi connectivity index (χ4v) is 1.81. The molecule has 0 radical (unpaired) electrons. The first-order valence-electron chi connectivity index (χ1n) is 5.32. The molecule has 0 fully saturated rings. The van der Waals surface area contributed by atoms with Crippen molar-refractivity contribution in [2.45, 2.75) is 33.7 Å². The Bertz CT molecular complexity index is 465. The number of nitrogens with one attached hydrogen (secondary N) is 1. The number of aromatic nitrogens is 4. The van der Waals surface area contributed by atoms with Gasteiger partial charge in [-0.15, -0.1) is 0 Å². The van der Waals surface area contributed by atoms with Gasteiger partial charge < -0.3 is 5.73 Å². The molecule has 0 saturated carbocycles. The van der Waals surface area contributed by atoms with E-state index < -0.39 is 0 Å². The van der Waals surface area contributed by atoms with Gasteiger partial charge in [-0.05, 0) is 19.3 Å². The lowest BCUT2D eigenvalue weighted by Crippen LogP contribution is -2.01. The average Bonchev–Trinajstić information content (AvgIpc) is 2.68. The highest BCUT2D eigenvalue weighted by Crippen LogP contribution is 2.24. The van der Waals surface area contributed by atoms with Crippen molar-refractivity contribution < 1.29 is 0 Å². The van der Waals surface area contributed by atoms with Gasteiger partial charge in [0, 0.05) is 6.54 Å². The third-order valence-corrected chi connectivity index (χ3v) is 2.45. The van der Waals surface area contributed by atoms with Crippen LogP contribution in [0.4, 0.5) is 5.82 Å². The predicted octanol–water partition coefficient (Wildman–Crippen LogP) is 1.56. The fourth-order valence-electron chi connectivity index (χ4n) is 1.81. The van der Waals surface area contributed by atoms with E-state index >= 15 is 0 Å². The topological polar surface area (TPSA) is 72.5 Å². The molecule has 2 aromatic heterocycles. The van der Waals surface area contributed by atoms with Crippen molar-refractivity contribution in [1.82, 2.24) is 20.0 Å². The lowest BCUT2D eigenvalue weighted by Gasteiger charge is -2.00. The standard InChI is InChI=1S/C10H17N5/c1-4-15-10-8(9(11)12-13-10)7(14-15)5-6(2)3/h6H,4-5H2,1-3H3,(H3,11,12,13). The van der Waals surface area contributed by atoms with Crippen molar-refractivity contribution in [3.05, 3.63) is 5.69 Å². The summed E-state index contributed by atoms with van der Waals surface area (Å²) in [6.45, 7) is 7.22. The first kappa shape index (κ1) is 10.0.